The van der Waals surface area contributed by atoms with Gasteiger partial charge >= 0.3 is 5.97 Å². The van der Waals surface area contributed by atoms with Crippen molar-refractivity contribution < 1.29 is 22.7 Å². The second-order valence-corrected chi connectivity index (χ2v) is 13.6. The molecular formula is C26H33N7O5S. The lowest BCUT2D eigenvalue weighted by Crippen LogP contribution is -2.60. The standard InChI is InChI=1S/C26H33N7O5S/c1-16-13-32(24(34)19-6-4-9-39(19,36)37)17(2)12-31(16)22-21-23(28-15-27-22)33(14-26(21)7-5-8-26)20-10-18(11-29-30-20)25(35)38-3/h10-11,15-17,19H,4-9,12-14H2,1-3H3/t16-,17+,19+/m0/s1. The Balaban J connectivity index is 1.32. The first-order valence-corrected chi connectivity index (χ1v) is 15.2. The molecule has 0 bridgehead atoms. The van der Waals surface area contributed by atoms with Crippen LogP contribution in [0.5, 0.6) is 0 Å². The fourth-order valence-corrected chi connectivity index (χ4v) is 8.44. The third-order valence-corrected chi connectivity index (χ3v) is 11.0. The lowest BCUT2D eigenvalue weighted by Gasteiger charge is -2.47. The summed E-state index contributed by atoms with van der Waals surface area (Å²) in [6.07, 6.45) is 6.96. The Morgan fingerprint density at radius 3 is 2.51 bits per heavy atom. The van der Waals surface area contributed by atoms with E-state index in [0.29, 0.717) is 43.9 Å². The minimum atomic E-state index is -3.38. The predicted octanol–water partition coefficient (Wildman–Crippen LogP) is 1.63. The smallest absolute Gasteiger partial charge is 0.339 e. The van der Waals surface area contributed by atoms with Gasteiger partial charge in [0.1, 0.15) is 23.2 Å². The van der Waals surface area contributed by atoms with E-state index in [1.54, 1.807) is 17.3 Å². The highest BCUT2D eigenvalue weighted by Crippen LogP contribution is 2.56. The molecule has 0 aromatic carbocycles. The highest BCUT2D eigenvalue weighted by atomic mass is 32.2. The van der Waals surface area contributed by atoms with Gasteiger partial charge in [-0.25, -0.2) is 23.2 Å². The van der Waals surface area contributed by atoms with E-state index >= 15 is 0 Å². The van der Waals surface area contributed by atoms with Crippen LogP contribution in [-0.2, 0) is 24.8 Å². The van der Waals surface area contributed by atoms with Crippen molar-refractivity contribution in [2.75, 3.05) is 42.3 Å². The zero-order valence-corrected chi connectivity index (χ0v) is 23.2. The van der Waals surface area contributed by atoms with Gasteiger partial charge in [-0.05, 0) is 45.6 Å². The number of carbonyl (C=O) groups excluding carboxylic acids is 2. The third kappa shape index (κ3) is 4.12. The number of rotatable bonds is 4. The molecule has 208 valence electrons. The number of nitrogens with zero attached hydrogens (tertiary/aromatic N) is 7. The molecule has 3 atom stereocenters. The van der Waals surface area contributed by atoms with Crippen LogP contribution in [0.2, 0.25) is 0 Å². The quantitative estimate of drug-likeness (QED) is 0.509. The molecule has 1 amide bonds. The molecule has 2 aromatic rings. The number of hydrogen-bond acceptors (Lipinski definition) is 11. The summed E-state index contributed by atoms with van der Waals surface area (Å²) in [6.45, 7) is 5.65. The average Bonchev–Trinajstić information content (AvgIpc) is 3.46. The van der Waals surface area contributed by atoms with Crippen molar-refractivity contribution in [2.24, 2.45) is 0 Å². The normalized spacial score (nSPS) is 26.8. The van der Waals surface area contributed by atoms with Gasteiger partial charge < -0.3 is 19.4 Å². The minimum absolute atomic E-state index is 0.0677. The molecule has 2 saturated heterocycles. The van der Waals surface area contributed by atoms with Gasteiger partial charge in [0.05, 0.1) is 24.6 Å². The number of amides is 1. The number of methoxy groups -OCH3 is 1. The Hall–Kier alpha value is -3.35. The maximum atomic E-state index is 13.3. The first-order valence-electron chi connectivity index (χ1n) is 13.5. The van der Waals surface area contributed by atoms with Crippen molar-refractivity contribution in [2.45, 2.75) is 68.7 Å². The second kappa shape index (κ2) is 9.39. The zero-order valence-electron chi connectivity index (χ0n) is 22.4. The Morgan fingerprint density at radius 1 is 1.08 bits per heavy atom. The largest absolute Gasteiger partial charge is 0.465 e. The number of ether oxygens (including phenoxy) is 1. The first-order chi connectivity index (χ1) is 18.6. The van der Waals surface area contributed by atoms with E-state index in [1.165, 1.54) is 13.3 Å². The molecule has 3 aliphatic heterocycles. The van der Waals surface area contributed by atoms with Crippen molar-refractivity contribution in [1.82, 2.24) is 25.1 Å². The van der Waals surface area contributed by atoms with Crippen molar-refractivity contribution in [3.8, 4) is 0 Å². The monoisotopic (exact) mass is 555 g/mol. The summed E-state index contributed by atoms with van der Waals surface area (Å²) in [7, 11) is -2.04. The van der Waals surface area contributed by atoms with Gasteiger partial charge in [0.2, 0.25) is 5.91 Å². The first kappa shape index (κ1) is 25.9. The maximum absolute atomic E-state index is 13.3. The Morgan fingerprint density at radius 2 is 1.85 bits per heavy atom. The SMILES string of the molecule is COC(=O)c1cnnc(N2CC3(CCC3)c3c2ncnc3N2C[C@@H](C)N(C(=O)[C@H]3CCCS3(=O)=O)C[C@@H]2C)c1. The maximum Gasteiger partial charge on any atom is 0.339 e. The molecule has 1 spiro atoms. The van der Waals surface area contributed by atoms with E-state index in [0.717, 1.165) is 36.5 Å². The number of aromatic nitrogens is 4. The van der Waals surface area contributed by atoms with Crippen LogP contribution >= 0.6 is 0 Å². The molecule has 4 aliphatic rings. The Bertz CT molecular complexity index is 1430. The molecule has 3 fully saturated rings. The average molecular weight is 556 g/mol. The number of piperazine rings is 1. The number of esters is 1. The molecule has 1 saturated carbocycles. The zero-order chi connectivity index (χ0) is 27.5. The summed E-state index contributed by atoms with van der Waals surface area (Å²) in [5.41, 5.74) is 1.25. The van der Waals surface area contributed by atoms with Crippen LogP contribution < -0.4 is 9.80 Å². The molecule has 6 rings (SSSR count). The number of carbonyl (C=O) groups is 2. The van der Waals surface area contributed by atoms with Crippen LogP contribution in [-0.4, -0.2) is 95.2 Å². The van der Waals surface area contributed by atoms with Crippen LogP contribution in [0.4, 0.5) is 17.5 Å². The summed E-state index contributed by atoms with van der Waals surface area (Å²) in [5, 5.41) is 7.43. The highest BCUT2D eigenvalue weighted by molar-refractivity contribution is 7.93. The highest BCUT2D eigenvalue weighted by Gasteiger charge is 2.52. The number of hydrogen-bond donors (Lipinski definition) is 0. The van der Waals surface area contributed by atoms with Gasteiger partial charge in [0.15, 0.2) is 15.7 Å². The Labute approximate surface area is 227 Å². The van der Waals surface area contributed by atoms with Crippen molar-refractivity contribution in [1.29, 1.82) is 0 Å². The van der Waals surface area contributed by atoms with Crippen LogP contribution in [0.15, 0.2) is 18.6 Å². The van der Waals surface area contributed by atoms with Crippen LogP contribution in [0.1, 0.15) is 61.9 Å². The topological polar surface area (TPSA) is 139 Å². The lowest BCUT2D eigenvalue weighted by molar-refractivity contribution is -0.133. The van der Waals surface area contributed by atoms with Gasteiger partial charge in [-0.3, -0.25) is 4.79 Å². The molecule has 39 heavy (non-hydrogen) atoms. The van der Waals surface area contributed by atoms with Gasteiger partial charge in [-0.1, -0.05) is 6.42 Å². The number of anilines is 3. The summed E-state index contributed by atoms with van der Waals surface area (Å²) < 4.78 is 29.8. The molecule has 1 aliphatic carbocycles. The van der Waals surface area contributed by atoms with E-state index < -0.39 is 21.1 Å². The molecule has 2 aromatic heterocycles. The molecule has 0 N–H and O–H groups in total. The number of sulfone groups is 1. The van der Waals surface area contributed by atoms with Crippen molar-refractivity contribution >= 4 is 39.2 Å². The molecular weight excluding hydrogens is 522 g/mol. The fourth-order valence-electron chi connectivity index (χ4n) is 6.62. The van der Waals surface area contributed by atoms with Gasteiger partial charge in [-0.15, -0.1) is 5.10 Å². The van der Waals surface area contributed by atoms with E-state index in [2.05, 4.69) is 27.0 Å². The van der Waals surface area contributed by atoms with E-state index in [9.17, 15) is 18.0 Å². The van der Waals surface area contributed by atoms with Gasteiger partial charge in [-0.2, -0.15) is 5.10 Å². The Kier molecular flexibility index (Phi) is 6.23. The molecule has 12 nitrogen and oxygen atoms in total. The van der Waals surface area contributed by atoms with E-state index in [-0.39, 0.29) is 29.2 Å². The summed E-state index contributed by atoms with van der Waals surface area (Å²) in [4.78, 5) is 40.9. The summed E-state index contributed by atoms with van der Waals surface area (Å²) in [6, 6.07) is 1.43. The molecule has 0 unspecified atom stereocenters. The van der Waals surface area contributed by atoms with E-state index in [4.69, 9.17) is 9.72 Å². The van der Waals surface area contributed by atoms with Crippen LogP contribution in [0.3, 0.4) is 0 Å². The van der Waals surface area contributed by atoms with Crippen molar-refractivity contribution in [3.63, 3.8) is 0 Å². The lowest BCUT2D eigenvalue weighted by atomic mass is 9.66. The van der Waals surface area contributed by atoms with Crippen LogP contribution in [0.25, 0.3) is 0 Å². The number of fused-ring (bicyclic) bond motifs is 2. The van der Waals surface area contributed by atoms with Crippen molar-refractivity contribution in [3.05, 3.63) is 29.7 Å². The predicted molar refractivity (Wildman–Crippen MR) is 143 cm³/mol. The van der Waals surface area contributed by atoms with Crippen LogP contribution in [0, 0.1) is 0 Å². The summed E-state index contributed by atoms with van der Waals surface area (Å²) in [5.74, 6) is 1.47. The molecule has 5 heterocycles. The van der Waals surface area contributed by atoms with Gasteiger partial charge in [0.25, 0.3) is 0 Å². The fraction of sp³-hybridized carbons (Fsp3) is 0.615. The summed E-state index contributed by atoms with van der Waals surface area (Å²) >= 11 is 0. The molecule has 13 heteroatoms. The second-order valence-electron chi connectivity index (χ2n) is 11.2. The molecule has 0 radical (unpaired) electrons. The van der Waals surface area contributed by atoms with Gasteiger partial charge in [0, 0.05) is 42.7 Å². The van der Waals surface area contributed by atoms with E-state index in [1.807, 2.05) is 11.8 Å². The third-order valence-electron chi connectivity index (χ3n) is 8.85. The minimum Gasteiger partial charge on any atom is -0.465 e.